The molecule has 4 heteroatoms. The SMILES string of the molecule is COc1ccc(C(=O)C(N)C(C)(C)C)cc1F. The number of carbonyl (C=O) groups excluding carboxylic acids is 1. The molecule has 0 aliphatic rings. The maximum Gasteiger partial charge on any atom is 0.180 e. The summed E-state index contributed by atoms with van der Waals surface area (Å²) in [5.41, 5.74) is 5.76. The zero-order chi connectivity index (χ0) is 13.2. The van der Waals surface area contributed by atoms with Crippen molar-refractivity contribution >= 4 is 5.78 Å². The molecule has 0 amide bonds. The number of Topliss-reactive ketones (excluding diaryl/α,β-unsaturated/α-hetero) is 1. The Morgan fingerprint density at radius 3 is 2.41 bits per heavy atom. The monoisotopic (exact) mass is 239 g/mol. The number of hydrogen-bond acceptors (Lipinski definition) is 3. The van der Waals surface area contributed by atoms with Gasteiger partial charge in [0.15, 0.2) is 17.3 Å². The first-order chi connectivity index (χ1) is 7.77. The van der Waals surface area contributed by atoms with Crippen molar-refractivity contribution in [1.29, 1.82) is 0 Å². The Morgan fingerprint density at radius 2 is 2.00 bits per heavy atom. The third-order valence-electron chi connectivity index (χ3n) is 2.65. The van der Waals surface area contributed by atoms with E-state index in [2.05, 4.69) is 0 Å². The molecule has 0 heterocycles. The maximum atomic E-state index is 13.5. The van der Waals surface area contributed by atoms with Crippen LogP contribution in [0.25, 0.3) is 0 Å². The third kappa shape index (κ3) is 3.03. The molecule has 0 bridgehead atoms. The Bertz CT molecular complexity index is 424. The van der Waals surface area contributed by atoms with Gasteiger partial charge in [0.1, 0.15) is 0 Å². The quantitative estimate of drug-likeness (QED) is 0.824. The van der Waals surface area contributed by atoms with E-state index in [-0.39, 0.29) is 22.5 Å². The predicted molar refractivity (Wildman–Crippen MR) is 64.7 cm³/mol. The molecule has 1 aromatic rings. The van der Waals surface area contributed by atoms with Crippen LogP contribution in [0.5, 0.6) is 5.75 Å². The standard InChI is InChI=1S/C13H18FNO2/c1-13(2,3)12(15)11(16)8-5-6-10(17-4)9(14)7-8/h5-7,12H,15H2,1-4H3. The second-order valence-electron chi connectivity index (χ2n) is 5.06. The molecule has 0 saturated heterocycles. The minimum Gasteiger partial charge on any atom is -0.494 e. The summed E-state index contributed by atoms with van der Waals surface area (Å²) in [4.78, 5) is 12.0. The minimum absolute atomic E-state index is 0.117. The molecule has 94 valence electrons. The summed E-state index contributed by atoms with van der Waals surface area (Å²) in [6.45, 7) is 5.61. The van der Waals surface area contributed by atoms with Crippen LogP contribution in [0.4, 0.5) is 4.39 Å². The number of methoxy groups -OCH3 is 1. The van der Waals surface area contributed by atoms with E-state index in [0.717, 1.165) is 6.07 Å². The van der Waals surface area contributed by atoms with Crippen LogP contribution in [0.3, 0.4) is 0 Å². The average Bonchev–Trinajstić information content (AvgIpc) is 2.25. The lowest BCUT2D eigenvalue weighted by molar-refractivity contribution is 0.0901. The lowest BCUT2D eigenvalue weighted by Gasteiger charge is -2.25. The molecular weight excluding hydrogens is 221 g/mol. The Morgan fingerprint density at radius 1 is 1.41 bits per heavy atom. The molecule has 3 nitrogen and oxygen atoms in total. The minimum atomic E-state index is -0.657. The number of ketones is 1. The summed E-state index contributed by atoms with van der Waals surface area (Å²) >= 11 is 0. The van der Waals surface area contributed by atoms with Gasteiger partial charge in [0, 0.05) is 5.56 Å². The van der Waals surface area contributed by atoms with E-state index in [1.54, 1.807) is 0 Å². The smallest absolute Gasteiger partial charge is 0.180 e. The van der Waals surface area contributed by atoms with Crippen LogP contribution < -0.4 is 10.5 Å². The Hall–Kier alpha value is -1.42. The topological polar surface area (TPSA) is 52.3 Å². The van der Waals surface area contributed by atoms with Crippen LogP contribution >= 0.6 is 0 Å². The number of benzene rings is 1. The van der Waals surface area contributed by atoms with Gasteiger partial charge in [-0.3, -0.25) is 4.79 Å². The highest BCUT2D eigenvalue weighted by molar-refractivity contribution is 6.00. The number of halogens is 1. The molecule has 0 aliphatic carbocycles. The molecular formula is C13H18FNO2. The molecule has 1 unspecified atom stereocenters. The molecule has 1 atom stereocenters. The fourth-order valence-corrected chi connectivity index (χ4v) is 1.39. The number of hydrogen-bond donors (Lipinski definition) is 1. The van der Waals surface area contributed by atoms with Gasteiger partial charge in [-0.2, -0.15) is 0 Å². The zero-order valence-electron chi connectivity index (χ0n) is 10.6. The molecule has 0 radical (unpaired) electrons. The normalized spacial score (nSPS) is 13.3. The second-order valence-corrected chi connectivity index (χ2v) is 5.06. The van der Waals surface area contributed by atoms with Crippen molar-refractivity contribution < 1.29 is 13.9 Å². The number of carbonyl (C=O) groups is 1. The Labute approximate surface area is 101 Å². The van der Waals surface area contributed by atoms with Crippen LogP contribution in [0.1, 0.15) is 31.1 Å². The summed E-state index contributed by atoms with van der Waals surface area (Å²) in [7, 11) is 1.38. The summed E-state index contributed by atoms with van der Waals surface area (Å²) in [5.74, 6) is -0.704. The fraction of sp³-hybridized carbons (Fsp3) is 0.462. The fourth-order valence-electron chi connectivity index (χ4n) is 1.39. The van der Waals surface area contributed by atoms with Crippen molar-refractivity contribution in [2.45, 2.75) is 26.8 Å². The van der Waals surface area contributed by atoms with Crippen molar-refractivity contribution in [3.05, 3.63) is 29.6 Å². The molecule has 2 N–H and O–H groups in total. The Kier molecular flexibility index (Phi) is 3.88. The van der Waals surface area contributed by atoms with Gasteiger partial charge in [-0.05, 0) is 23.6 Å². The van der Waals surface area contributed by atoms with E-state index in [4.69, 9.17) is 10.5 Å². The van der Waals surface area contributed by atoms with Crippen LogP contribution in [-0.2, 0) is 0 Å². The van der Waals surface area contributed by atoms with E-state index in [1.165, 1.54) is 19.2 Å². The summed E-state index contributed by atoms with van der Waals surface area (Å²) in [5, 5.41) is 0. The van der Waals surface area contributed by atoms with Crippen LogP contribution in [-0.4, -0.2) is 18.9 Å². The molecule has 0 fully saturated rings. The van der Waals surface area contributed by atoms with Crippen molar-refractivity contribution in [2.24, 2.45) is 11.1 Å². The van der Waals surface area contributed by atoms with E-state index in [9.17, 15) is 9.18 Å². The molecule has 1 aromatic carbocycles. The van der Waals surface area contributed by atoms with Crippen molar-refractivity contribution in [3.63, 3.8) is 0 Å². The summed E-state index contributed by atoms with van der Waals surface area (Å²) in [6, 6.07) is 3.45. The molecule has 0 aromatic heterocycles. The van der Waals surface area contributed by atoms with Crippen molar-refractivity contribution in [3.8, 4) is 5.75 Å². The second kappa shape index (κ2) is 4.84. The van der Waals surface area contributed by atoms with E-state index in [0.29, 0.717) is 0 Å². The van der Waals surface area contributed by atoms with Gasteiger partial charge in [-0.25, -0.2) is 4.39 Å². The highest BCUT2D eigenvalue weighted by Gasteiger charge is 2.28. The molecule has 0 saturated carbocycles. The summed E-state index contributed by atoms with van der Waals surface area (Å²) in [6.07, 6.45) is 0. The molecule has 0 aliphatic heterocycles. The van der Waals surface area contributed by atoms with E-state index >= 15 is 0 Å². The summed E-state index contributed by atoms with van der Waals surface area (Å²) < 4.78 is 18.2. The van der Waals surface area contributed by atoms with E-state index in [1.807, 2.05) is 20.8 Å². The maximum absolute atomic E-state index is 13.5. The van der Waals surface area contributed by atoms with Crippen LogP contribution in [0.2, 0.25) is 0 Å². The van der Waals surface area contributed by atoms with Crippen molar-refractivity contribution in [2.75, 3.05) is 7.11 Å². The van der Waals surface area contributed by atoms with Gasteiger partial charge in [-0.15, -0.1) is 0 Å². The average molecular weight is 239 g/mol. The van der Waals surface area contributed by atoms with Gasteiger partial charge in [0.2, 0.25) is 0 Å². The number of ether oxygens (including phenoxy) is 1. The molecule has 17 heavy (non-hydrogen) atoms. The van der Waals surface area contributed by atoms with E-state index < -0.39 is 11.9 Å². The van der Waals surface area contributed by atoms with Crippen LogP contribution in [0, 0.1) is 11.2 Å². The third-order valence-corrected chi connectivity index (χ3v) is 2.65. The lowest BCUT2D eigenvalue weighted by Crippen LogP contribution is -2.42. The number of nitrogens with two attached hydrogens (primary N) is 1. The first kappa shape index (κ1) is 13.6. The first-order valence-corrected chi connectivity index (χ1v) is 5.40. The van der Waals surface area contributed by atoms with Gasteiger partial charge in [0.05, 0.1) is 13.2 Å². The Balaban J connectivity index is 3.02. The zero-order valence-corrected chi connectivity index (χ0v) is 10.6. The molecule has 1 rings (SSSR count). The van der Waals surface area contributed by atoms with Gasteiger partial charge < -0.3 is 10.5 Å². The lowest BCUT2D eigenvalue weighted by atomic mass is 9.83. The number of rotatable bonds is 3. The van der Waals surface area contributed by atoms with Crippen molar-refractivity contribution in [1.82, 2.24) is 0 Å². The largest absolute Gasteiger partial charge is 0.494 e. The van der Waals surface area contributed by atoms with Crippen LogP contribution in [0.15, 0.2) is 18.2 Å². The van der Waals surface area contributed by atoms with Gasteiger partial charge >= 0.3 is 0 Å². The predicted octanol–water partition coefficient (Wildman–Crippen LogP) is 2.39. The van der Waals surface area contributed by atoms with Gasteiger partial charge in [-0.1, -0.05) is 20.8 Å². The first-order valence-electron chi connectivity index (χ1n) is 5.40. The molecule has 0 spiro atoms. The van der Waals surface area contributed by atoms with Gasteiger partial charge in [0.25, 0.3) is 0 Å². The highest BCUT2D eigenvalue weighted by Crippen LogP contribution is 2.23. The highest BCUT2D eigenvalue weighted by atomic mass is 19.1.